The molecular formula is C24H26N4O5. The third-order valence-corrected chi connectivity index (χ3v) is 5.55. The van der Waals surface area contributed by atoms with Crippen LogP contribution in [0, 0.1) is 0 Å². The molecule has 0 fully saturated rings. The van der Waals surface area contributed by atoms with Gasteiger partial charge >= 0.3 is 6.03 Å². The van der Waals surface area contributed by atoms with Crippen molar-refractivity contribution in [3.63, 3.8) is 0 Å². The van der Waals surface area contributed by atoms with E-state index in [-0.39, 0.29) is 6.03 Å². The van der Waals surface area contributed by atoms with E-state index in [9.17, 15) is 4.79 Å². The fourth-order valence-electron chi connectivity index (χ4n) is 3.83. The molecule has 0 bridgehead atoms. The quantitative estimate of drug-likeness (QED) is 0.556. The van der Waals surface area contributed by atoms with Crippen molar-refractivity contribution in [3.8, 4) is 22.9 Å². The van der Waals surface area contributed by atoms with Crippen molar-refractivity contribution in [2.45, 2.75) is 13.0 Å². The molecule has 2 heterocycles. The number of amides is 2. The Morgan fingerprint density at radius 1 is 1.06 bits per heavy atom. The van der Waals surface area contributed by atoms with E-state index in [1.165, 1.54) is 0 Å². The molecule has 9 nitrogen and oxygen atoms in total. The molecule has 1 aromatic heterocycles. The topological polar surface area (TPSA) is 99.0 Å². The van der Waals surface area contributed by atoms with Gasteiger partial charge in [-0.1, -0.05) is 35.5 Å². The SMILES string of the molecule is COCCN1C(=O)NC(c2ccccc2)C(c2nc(-c3ccc(OC)c(OC)c3)no2)=C1C. The van der Waals surface area contributed by atoms with Gasteiger partial charge in [0.15, 0.2) is 11.5 Å². The highest BCUT2D eigenvalue weighted by Crippen LogP contribution is 2.38. The summed E-state index contributed by atoms with van der Waals surface area (Å²) in [4.78, 5) is 19.1. The molecule has 0 spiro atoms. The van der Waals surface area contributed by atoms with Gasteiger partial charge in [-0.3, -0.25) is 4.90 Å². The van der Waals surface area contributed by atoms with Gasteiger partial charge in [-0.05, 0) is 30.7 Å². The number of hydrogen-bond acceptors (Lipinski definition) is 7. The number of urea groups is 1. The van der Waals surface area contributed by atoms with Crippen LogP contribution in [0.3, 0.4) is 0 Å². The van der Waals surface area contributed by atoms with Crippen LogP contribution in [0.15, 0.2) is 58.8 Å². The van der Waals surface area contributed by atoms with E-state index in [2.05, 4.69) is 15.5 Å². The standard InChI is InChI=1S/C24H26N4O5/c1-15-20(21(16-8-6-5-7-9-16)25-24(29)28(15)12-13-30-2)23-26-22(27-33-23)17-10-11-18(31-3)19(14-17)32-4/h5-11,14,21H,12-13H2,1-4H3,(H,25,29). The second kappa shape index (κ2) is 9.74. The number of methoxy groups -OCH3 is 3. The highest BCUT2D eigenvalue weighted by atomic mass is 16.5. The lowest BCUT2D eigenvalue weighted by Crippen LogP contribution is -2.47. The number of nitrogens with one attached hydrogen (secondary N) is 1. The zero-order valence-electron chi connectivity index (χ0n) is 19.0. The predicted molar refractivity (Wildman–Crippen MR) is 122 cm³/mol. The largest absolute Gasteiger partial charge is 0.493 e. The van der Waals surface area contributed by atoms with Crippen molar-refractivity contribution < 1.29 is 23.5 Å². The Balaban J connectivity index is 1.78. The Hall–Kier alpha value is -3.85. The van der Waals surface area contributed by atoms with Crippen LogP contribution in [-0.4, -0.2) is 55.6 Å². The zero-order chi connectivity index (χ0) is 23.4. The minimum absolute atomic E-state index is 0.207. The van der Waals surface area contributed by atoms with Gasteiger partial charge in [-0.2, -0.15) is 4.98 Å². The van der Waals surface area contributed by atoms with Crippen LogP contribution >= 0.6 is 0 Å². The molecule has 2 aromatic carbocycles. The van der Waals surface area contributed by atoms with Crippen molar-refractivity contribution >= 4 is 11.6 Å². The molecule has 3 aromatic rings. The molecule has 1 aliphatic rings. The summed E-state index contributed by atoms with van der Waals surface area (Å²) in [5.41, 5.74) is 3.09. The molecule has 1 aliphatic heterocycles. The Bertz CT molecular complexity index is 1160. The molecule has 4 rings (SSSR count). The lowest BCUT2D eigenvalue weighted by Gasteiger charge is -2.35. The molecule has 33 heavy (non-hydrogen) atoms. The molecule has 1 N–H and O–H groups in total. The fourth-order valence-corrected chi connectivity index (χ4v) is 3.83. The van der Waals surface area contributed by atoms with Crippen LogP contribution in [-0.2, 0) is 4.74 Å². The van der Waals surface area contributed by atoms with Crippen LogP contribution in [0.5, 0.6) is 11.5 Å². The maximum absolute atomic E-state index is 12.9. The number of nitrogens with zero attached hydrogens (tertiary/aromatic N) is 3. The summed E-state index contributed by atoms with van der Waals surface area (Å²) in [5, 5.41) is 7.25. The number of benzene rings is 2. The average Bonchev–Trinajstić information content (AvgIpc) is 3.33. The minimum Gasteiger partial charge on any atom is -0.493 e. The normalized spacial score (nSPS) is 16.1. The first-order valence-corrected chi connectivity index (χ1v) is 10.5. The van der Waals surface area contributed by atoms with Crippen molar-refractivity contribution in [2.75, 3.05) is 34.5 Å². The van der Waals surface area contributed by atoms with Gasteiger partial charge in [0, 0.05) is 18.4 Å². The maximum Gasteiger partial charge on any atom is 0.322 e. The number of hydrogen-bond donors (Lipinski definition) is 1. The molecule has 9 heteroatoms. The molecule has 2 amide bonds. The maximum atomic E-state index is 12.9. The number of aromatic nitrogens is 2. The summed E-state index contributed by atoms with van der Waals surface area (Å²) in [6.45, 7) is 2.67. The summed E-state index contributed by atoms with van der Waals surface area (Å²) in [6.07, 6.45) is 0. The molecule has 0 aliphatic carbocycles. The van der Waals surface area contributed by atoms with Crippen molar-refractivity contribution in [1.29, 1.82) is 0 Å². The van der Waals surface area contributed by atoms with E-state index < -0.39 is 6.04 Å². The number of carbonyl (C=O) groups excluding carboxylic acids is 1. The number of rotatable bonds is 8. The number of ether oxygens (including phenoxy) is 3. The first-order chi connectivity index (χ1) is 16.1. The molecule has 0 saturated heterocycles. The summed E-state index contributed by atoms with van der Waals surface area (Å²) in [6, 6.07) is 14.5. The molecule has 172 valence electrons. The van der Waals surface area contributed by atoms with Gasteiger partial charge in [-0.25, -0.2) is 4.79 Å². The summed E-state index contributed by atoms with van der Waals surface area (Å²) < 4.78 is 21.6. The first kappa shape index (κ1) is 22.3. The highest BCUT2D eigenvalue weighted by molar-refractivity contribution is 5.86. The highest BCUT2D eigenvalue weighted by Gasteiger charge is 2.35. The van der Waals surface area contributed by atoms with Crippen molar-refractivity contribution in [3.05, 3.63) is 65.7 Å². The van der Waals surface area contributed by atoms with Gasteiger partial charge in [0.25, 0.3) is 5.89 Å². The number of carbonyl (C=O) groups is 1. The predicted octanol–water partition coefficient (Wildman–Crippen LogP) is 3.90. The van der Waals surface area contributed by atoms with Crippen LogP contribution in [0.25, 0.3) is 17.0 Å². The van der Waals surface area contributed by atoms with Crippen molar-refractivity contribution in [1.82, 2.24) is 20.4 Å². The van der Waals surface area contributed by atoms with Gasteiger partial charge < -0.3 is 24.1 Å². The lowest BCUT2D eigenvalue weighted by atomic mass is 9.95. The monoisotopic (exact) mass is 450 g/mol. The Labute approximate surface area is 191 Å². The van der Waals surface area contributed by atoms with Gasteiger partial charge in [0.2, 0.25) is 5.82 Å². The van der Waals surface area contributed by atoms with Gasteiger partial charge in [-0.15, -0.1) is 0 Å². The van der Waals surface area contributed by atoms with E-state index in [1.807, 2.05) is 43.3 Å². The molecule has 0 radical (unpaired) electrons. The van der Waals surface area contributed by atoms with Crippen molar-refractivity contribution in [2.24, 2.45) is 0 Å². The minimum atomic E-state index is -0.434. The van der Waals surface area contributed by atoms with Crippen LogP contribution in [0.1, 0.15) is 24.4 Å². The Morgan fingerprint density at radius 3 is 2.52 bits per heavy atom. The van der Waals surface area contributed by atoms with Crippen LogP contribution in [0.4, 0.5) is 4.79 Å². The second-order valence-electron chi connectivity index (χ2n) is 7.43. The zero-order valence-corrected chi connectivity index (χ0v) is 19.0. The molecule has 1 atom stereocenters. The van der Waals surface area contributed by atoms with Gasteiger partial charge in [0.1, 0.15) is 0 Å². The third kappa shape index (κ3) is 4.40. The summed E-state index contributed by atoms with van der Waals surface area (Å²) >= 11 is 0. The lowest BCUT2D eigenvalue weighted by molar-refractivity contribution is 0.158. The fraction of sp³-hybridized carbons (Fsp3) is 0.292. The van der Waals surface area contributed by atoms with Crippen LogP contribution in [0.2, 0.25) is 0 Å². The first-order valence-electron chi connectivity index (χ1n) is 10.5. The van der Waals surface area contributed by atoms with E-state index in [1.54, 1.807) is 38.4 Å². The Morgan fingerprint density at radius 2 is 1.82 bits per heavy atom. The average molecular weight is 450 g/mol. The summed E-state index contributed by atoms with van der Waals surface area (Å²) in [7, 11) is 4.75. The molecular weight excluding hydrogens is 424 g/mol. The smallest absolute Gasteiger partial charge is 0.322 e. The summed E-state index contributed by atoms with van der Waals surface area (Å²) in [5.74, 6) is 1.90. The van der Waals surface area contributed by atoms with E-state index in [4.69, 9.17) is 18.7 Å². The molecule has 1 unspecified atom stereocenters. The second-order valence-corrected chi connectivity index (χ2v) is 7.43. The van der Waals surface area contributed by atoms with E-state index >= 15 is 0 Å². The third-order valence-electron chi connectivity index (χ3n) is 5.55. The van der Waals surface area contributed by atoms with Crippen LogP contribution < -0.4 is 14.8 Å². The van der Waals surface area contributed by atoms with E-state index in [0.717, 1.165) is 16.8 Å². The molecule has 0 saturated carbocycles. The van der Waals surface area contributed by atoms with Gasteiger partial charge in [0.05, 0.1) is 39.0 Å². The number of allylic oxidation sites excluding steroid dienone is 1. The Kier molecular flexibility index (Phi) is 6.60. The van der Waals surface area contributed by atoms with E-state index in [0.29, 0.717) is 41.9 Å².